The third-order valence-corrected chi connectivity index (χ3v) is 5.30. The van der Waals surface area contributed by atoms with Gasteiger partial charge in [-0.15, -0.1) is 0 Å². The Hall–Kier alpha value is -3.71. The molecule has 1 amide bonds. The maximum atomic E-state index is 13.2. The molecule has 4 rings (SSSR count). The summed E-state index contributed by atoms with van der Waals surface area (Å²) in [7, 11) is 1.57. The molecule has 0 fully saturated rings. The molecule has 32 heavy (non-hydrogen) atoms. The highest BCUT2D eigenvalue weighted by atomic mass is 35.5. The zero-order valence-electron chi connectivity index (χ0n) is 17.4. The van der Waals surface area contributed by atoms with Gasteiger partial charge in [-0.3, -0.25) is 14.2 Å². The van der Waals surface area contributed by atoms with Crippen LogP contribution in [0.4, 0.5) is 0 Å². The molecule has 0 saturated carbocycles. The number of halogens is 1. The first-order valence-corrected chi connectivity index (χ1v) is 10.4. The summed E-state index contributed by atoms with van der Waals surface area (Å²) in [5.41, 5.74) is 2.01. The highest BCUT2D eigenvalue weighted by Gasteiger charge is 2.19. The second-order valence-electron chi connectivity index (χ2n) is 7.14. The number of carbonyl (C=O) groups excluding carboxylic acids is 1. The van der Waals surface area contributed by atoms with E-state index in [-0.39, 0.29) is 12.2 Å². The summed E-state index contributed by atoms with van der Waals surface area (Å²) in [6.45, 7) is 0.559. The number of hydrogen-bond donors (Lipinski definition) is 1. The fourth-order valence-corrected chi connectivity index (χ4v) is 3.56. The van der Waals surface area contributed by atoms with E-state index >= 15 is 0 Å². The van der Waals surface area contributed by atoms with Crippen molar-refractivity contribution in [3.8, 4) is 5.75 Å². The molecule has 1 N–H and O–H groups in total. The lowest BCUT2D eigenvalue weighted by atomic mass is 10.1. The van der Waals surface area contributed by atoms with E-state index < -0.39 is 11.5 Å². The predicted molar refractivity (Wildman–Crippen MR) is 123 cm³/mol. The Morgan fingerprint density at radius 3 is 2.66 bits per heavy atom. The second kappa shape index (κ2) is 9.62. The number of hydrogen-bond acceptors (Lipinski definition) is 5. The molecule has 2 heterocycles. The lowest BCUT2D eigenvalue weighted by Crippen LogP contribution is -2.36. The smallest absolute Gasteiger partial charge is 0.284 e. The largest absolute Gasteiger partial charge is 0.496 e. The maximum absolute atomic E-state index is 13.2. The van der Waals surface area contributed by atoms with Gasteiger partial charge in [0.05, 0.1) is 13.7 Å². The average molecular weight is 449 g/mol. The van der Waals surface area contributed by atoms with Crippen molar-refractivity contribution >= 4 is 28.7 Å². The van der Waals surface area contributed by atoms with E-state index in [2.05, 4.69) is 15.3 Å². The fraction of sp³-hybridized carbons (Fsp3) is 0.167. The van der Waals surface area contributed by atoms with Crippen molar-refractivity contribution < 1.29 is 9.53 Å². The molecule has 2 aromatic carbocycles. The van der Waals surface area contributed by atoms with Crippen molar-refractivity contribution in [1.82, 2.24) is 19.9 Å². The van der Waals surface area contributed by atoms with Crippen LogP contribution in [-0.2, 0) is 13.0 Å². The van der Waals surface area contributed by atoms with Crippen LogP contribution in [0.3, 0.4) is 0 Å². The molecule has 0 spiro atoms. The summed E-state index contributed by atoms with van der Waals surface area (Å²) < 4.78 is 6.86. The van der Waals surface area contributed by atoms with Crippen molar-refractivity contribution in [2.45, 2.75) is 13.0 Å². The predicted octanol–water partition coefficient (Wildman–Crippen LogP) is 3.47. The molecule has 0 radical (unpaired) electrons. The van der Waals surface area contributed by atoms with E-state index in [1.807, 2.05) is 36.4 Å². The number of rotatable bonds is 7. The molecular weight excluding hydrogens is 428 g/mol. The van der Waals surface area contributed by atoms with Gasteiger partial charge in [0.1, 0.15) is 11.3 Å². The molecule has 0 saturated heterocycles. The van der Waals surface area contributed by atoms with Crippen LogP contribution in [0.15, 0.2) is 71.7 Å². The van der Waals surface area contributed by atoms with Gasteiger partial charge in [0.25, 0.3) is 11.5 Å². The number of aromatic nitrogens is 3. The first kappa shape index (κ1) is 21.5. The SMILES string of the molecule is COc1ccccc1Cn1c(=O)c(C(=O)NCCc2ccc(Cl)cc2)nc2cccnc21. The molecule has 162 valence electrons. The molecule has 0 aliphatic carbocycles. The Kier molecular flexibility index (Phi) is 6.47. The normalized spacial score (nSPS) is 10.8. The van der Waals surface area contributed by atoms with Gasteiger partial charge in [0.15, 0.2) is 11.3 Å². The van der Waals surface area contributed by atoms with Crippen LogP contribution in [0, 0.1) is 0 Å². The second-order valence-corrected chi connectivity index (χ2v) is 7.58. The third-order valence-electron chi connectivity index (χ3n) is 5.05. The standard InChI is InChI=1S/C24H21ClN4O3/c1-32-20-7-3-2-5-17(20)15-29-22-19(6-4-13-26-22)28-21(24(29)31)23(30)27-14-12-16-8-10-18(25)11-9-16/h2-11,13H,12,14-15H2,1H3,(H,27,30). The lowest BCUT2D eigenvalue weighted by molar-refractivity contribution is 0.0947. The molecule has 0 atom stereocenters. The molecule has 0 aliphatic heterocycles. The summed E-state index contributed by atoms with van der Waals surface area (Å²) in [6.07, 6.45) is 2.20. The van der Waals surface area contributed by atoms with Gasteiger partial charge < -0.3 is 10.1 Å². The van der Waals surface area contributed by atoms with Crippen LogP contribution in [0.2, 0.25) is 5.02 Å². The van der Waals surface area contributed by atoms with Gasteiger partial charge in [-0.25, -0.2) is 9.97 Å². The minimum atomic E-state index is -0.525. The van der Waals surface area contributed by atoms with Crippen molar-refractivity contribution in [2.24, 2.45) is 0 Å². The maximum Gasteiger partial charge on any atom is 0.284 e. The first-order valence-electron chi connectivity index (χ1n) is 10.1. The zero-order valence-corrected chi connectivity index (χ0v) is 18.2. The van der Waals surface area contributed by atoms with Crippen LogP contribution < -0.4 is 15.6 Å². The Morgan fingerprint density at radius 2 is 1.88 bits per heavy atom. The van der Waals surface area contributed by atoms with Crippen molar-refractivity contribution in [1.29, 1.82) is 0 Å². The average Bonchev–Trinajstić information content (AvgIpc) is 2.82. The Morgan fingerprint density at radius 1 is 1.09 bits per heavy atom. The Bertz CT molecular complexity index is 1320. The minimum absolute atomic E-state index is 0.170. The van der Waals surface area contributed by atoms with E-state index in [1.54, 1.807) is 37.6 Å². The van der Waals surface area contributed by atoms with E-state index in [1.165, 1.54) is 4.57 Å². The van der Waals surface area contributed by atoms with Crippen molar-refractivity contribution in [2.75, 3.05) is 13.7 Å². The topological polar surface area (TPSA) is 86.1 Å². The van der Waals surface area contributed by atoms with Crippen LogP contribution in [0.25, 0.3) is 11.2 Å². The van der Waals surface area contributed by atoms with E-state index in [0.29, 0.717) is 34.9 Å². The van der Waals surface area contributed by atoms with Gasteiger partial charge >= 0.3 is 0 Å². The summed E-state index contributed by atoms with van der Waals surface area (Å²) in [5.74, 6) is 0.123. The number of para-hydroxylation sites is 1. The Balaban J connectivity index is 1.63. The molecule has 2 aromatic heterocycles. The lowest BCUT2D eigenvalue weighted by Gasteiger charge is -2.13. The minimum Gasteiger partial charge on any atom is -0.496 e. The van der Waals surface area contributed by atoms with Crippen LogP contribution >= 0.6 is 11.6 Å². The molecule has 4 aromatic rings. The summed E-state index contributed by atoms with van der Waals surface area (Å²) in [4.78, 5) is 34.7. The van der Waals surface area contributed by atoms with Crippen molar-refractivity contribution in [3.63, 3.8) is 0 Å². The number of amides is 1. The van der Waals surface area contributed by atoms with Gasteiger partial charge in [-0.2, -0.15) is 0 Å². The van der Waals surface area contributed by atoms with Crippen molar-refractivity contribution in [3.05, 3.63) is 99.1 Å². The molecule has 8 heteroatoms. The van der Waals surface area contributed by atoms with Gasteiger partial charge in [0.2, 0.25) is 0 Å². The summed E-state index contributed by atoms with van der Waals surface area (Å²) in [6, 6.07) is 18.2. The number of pyridine rings is 1. The summed E-state index contributed by atoms with van der Waals surface area (Å²) in [5, 5.41) is 3.44. The number of nitrogens with zero attached hydrogens (tertiary/aromatic N) is 3. The number of benzene rings is 2. The molecule has 0 bridgehead atoms. The van der Waals surface area contributed by atoms with Gasteiger partial charge in [-0.05, 0) is 42.3 Å². The highest BCUT2D eigenvalue weighted by Crippen LogP contribution is 2.19. The van der Waals surface area contributed by atoms with Crippen LogP contribution in [0.1, 0.15) is 21.6 Å². The van der Waals surface area contributed by atoms with Crippen LogP contribution in [-0.4, -0.2) is 34.1 Å². The Labute approximate surface area is 189 Å². The molecule has 0 unspecified atom stereocenters. The zero-order chi connectivity index (χ0) is 22.5. The number of methoxy groups -OCH3 is 1. The van der Waals surface area contributed by atoms with E-state index in [0.717, 1.165) is 11.1 Å². The van der Waals surface area contributed by atoms with E-state index in [4.69, 9.17) is 16.3 Å². The van der Waals surface area contributed by atoms with Gasteiger partial charge in [0, 0.05) is 23.3 Å². The molecular formula is C24H21ClN4O3. The number of ether oxygens (including phenoxy) is 1. The monoisotopic (exact) mass is 448 g/mol. The quantitative estimate of drug-likeness (QED) is 0.468. The molecule has 0 aliphatic rings. The van der Waals surface area contributed by atoms with E-state index in [9.17, 15) is 9.59 Å². The first-order chi connectivity index (χ1) is 15.6. The number of nitrogens with one attached hydrogen (secondary N) is 1. The number of carbonyl (C=O) groups is 1. The number of fused-ring (bicyclic) bond motifs is 1. The fourth-order valence-electron chi connectivity index (χ4n) is 3.43. The summed E-state index contributed by atoms with van der Waals surface area (Å²) >= 11 is 5.91. The molecule has 7 nitrogen and oxygen atoms in total. The highest BCUT2D eigenvalue weighted by molar-refractivity contribution is 6.30. The third kappa shape index (κ3) is 4.63. The van der Waals surface area contributed by atoms with Crippen LogP contribution in [0.5, 0.6) is 5.75 Å². The van der Waals surface area contributed by atoms with Gasteiger partial charge in [-0.1, -0.05) is 41.9 Å².